The van der Waals surface area contributed by atoms with Gasteiger partial charge in [-0.2, -0.15) is 0 Å². The summed E-state index contributed by atoms with van der Waals surface area (Å²) in [5.74, 6) is 0. The van der Waals surface area contributed by atoms with E-state index in [4.69, 9.17) is 6.58 Å². The smallest absolute Gasteiger partial charge is 1.00 e. The van der Waals surface area contributed by atoms with Gasteiger partial charge >= 0.3 is 23.1 Å². The number of hydrogen-bond acceptors (Lipinski definition) is 0. The second kappa shape index (κ2) is 23.1. The summed E-state index contributed by atoms with van der Waals surface area (Å²) in [5, 5.41) is 0. The molecule has 0 amide bonds. The van der Waals surface area contributed by atoms with Crippen LogP contribution in [0.4, 0.5) is 0 Å². The number of hydrogen-bond donors (Lipinski definition) is 0. The number of allylic oxidation sites excluding steroid dienone is 1. The van der Waals surface area contributed by atoms with Gasteiger partial charge in [0.2, 0.25) is 0 Å². The Morgan fingerprint density at radius 1 is 0.667 bits per heavy atom. The molecule has 0 atom stereocenters. The van der Waals surface area contributed by atoms with Crippen molar-refractivity contribution in [1.82, 2.24) is 0 Å². The minimum absolute atomic E-state index is 0. The van der Waals surface area contributed by atoms with Gasteiger partial charge in [-0.3, -0.25) is 6.08 Å². The molecular formula is C16H31BrMg. The average molecular weight is 328 g/mol. The van der Waals surface area contributed by atoms with E-state index >= 15 is 0 Å². The summed E-state index contributed by atoms with van der Waals surface area (Å²) < 4.78 is 0. The Bertz CT molecular complexity index is 137. The molecule has 0 N–H and O–H groups in total. The molecule has 0 unspecified atom stereocenters. The Morgan fingerprint density at radius 2 is 1.00 bits per heavy atom. The van der Waals surface area contributed by atoms with Crippen molar-refractivity contribution < 1.29 is 17.0 Å². The number of halogens is 1. The molecule has 0 radical (unpaired) electrons. The molecule has 0 aliphatic heterocycles. The molecule has 0 fully saturated rings. The van der Waals surface area contributed by atoms with Gasteiger partial charge in [-0.15, -0.1) is 0 Å². The van der Waals surface area contributed by atoms with Gasteiger partial charge < -0.3 is 23.6 Å². The maximum absolute atomic E-state index is 5.33. The quantitative estimate of drug-likeness (QED) is 0.277. The summed E-state index contributed by atoms with van der Waals surface area (Å²) >= 11 is 0. The fraction of sp³-hybridized carbons (Fsp3) is 0.875. The molecule has 104 valence electrons. The molecule has 0 heterocycles. The molecule has 0 rings (SSSR count). The molecule has 0 bridgehead atoms. The number of unbranched alkanes of at least 4 members (excludes halogenated alkanes) is 12. The zero-order valence-corrected chi connectivity index (χ0v) is 15.4. The zero-order valence-electron chi connectivity index (χ0n) is 12.4. The van der Waals surface area contributed by atoms with E-state index in [0.29, 0.717) is 0 Å². The van der Waals surface area contributed by atoms with Crippen LogP contribution in [0.1, 0.15) is 90.4 Å². The van der Waals surface area contributed by atoms with Crippen LogP contribution in [0.25, 0.3) is 0 Å². The first-order valence-electron chi connectivity index (χ1n) is 7.45. The van der Waals surface area contributed by atoms with E-state index in [1.54, 1.807) is 6.08 Å². The first-order chi connectivity index (χ1) is 7.91. The second-order valence-electron chi connectivity index (χ2n) is 4.91. The third-order valence-corrected chi connectivity index (χ3v) is 3.22. The van der Waals surface area contributed by atoms with Crippen LogP contribution >= 0.6 is 0 Å². The summed E-state index contributed by atoms with van der Waals surface area (Å²) in [6.45, 7) is 7.61. The second-order valence-corrected chi connectivity index (χ2v) is 4.91. The monoisotopic (exact) mass is 326 g/mol. The first kappa shape index (κ1) is 24.0. The molecule has 18 heavy (non-hydrogen) atoms. The summed E-state index contributed by atoms with van der Waals surface area (Å²) in [7, 11) is 0. The molecule has 0 aromatic heterocycles. The fourth-order valence-corrected chi connectivity index (χ4v) is 2.10. The van der Waals surface area contributed by atoms with Crippen molar-refractivity contribution in [3.63, 3.8) is 0 Å². The molecule has 0 nitrogen and oxygen atoms in total. The maximum Gasteiger partial charge on any atom is 2.00 e. The Morgan fingerprint density at radius 3 is 1.33 bits per heavy atom. The standard InChI is InChI=1S/C16H31.BrH.Mg/c1-3-5-7-9-11-13-15-16-14-12-10-8-6-4-2;;/h1,3H,4-16H2,2H3;1H;/q-1;;+2/p-1. The van der Waals surface area contributed by atoms with Gasteiger partial charge in [0.1, 0.15) is 0 Å². The van der Waals surface area contributed by atoms with Crippen LogP contribution in [-0.2, 0) is 0 Å². The van der Waals surface area contributed by atoms with E-state index < -0.39 is 0 Å². The van der Waals surface area contributed by atoms with Gasteiger partial charge in [-0.05, 0) is 0 Å². The Balaban J connectivity index is -0.00000112. The van der Waals surface area contributed by atoms with Crippen LogP contribution in [0.2, 0.25) is 0 Å². The predicted octanol–water partition coefficient (Wildman–Crippen LogP) is 2.69. The zero-order chi connectivity index (χ0) is 11.9. The topological polar surface area (TPSA) is 0 Å². The van der Waals surface area contributed by atoms with Crippen LogP contribution in [0.15, 0.2) is 6.08 Å². The van der Waals surface area contributed by atoms with Gasteiger partial charge in [0.25, 0.3) is 0 Å². The van der Waals surface area contributed by atoms with E-state index in [0.717, 1.165) is 6.42 Å². The first-order valence-corrected chi connectivity index (χ1v) is 7.45. The Hall–Kier alpha value is 0.986. The van der Waals surface area contributed by atoms with Gasteiger partial charge in [0, 0.05) is 0 Å². The molecule has 0 saturated carbocycles. The minimum Gasteiger partial charge on any atom is -1.00 e. The third-order valence-electron chi connectivity index (χ3n) is 3.22. The van der Waals surface area contributed by atoms with Crippen LogP contribution < -0.4 is 17.0 Å². The van der Waals surface area contributed by atoms with Crippen molar-refractivity contribution in [2.45, 2.75) is 90.4 Å². The van der Waals surface area contributed by atoms with E-state index in [2.05, 4.69) is 6.92 Å². The van der Waals surface area contributed by atoms with Gasteiger partial charge in [0.05, 0.1) is 0 Å². The van der Waals surface area contributed by atoms with Gasteiger partial charge in [-0.25, -0.2) is 0 Å². The summed E-state index contributed by atoms with van der Waals surface area (Å²) in [4.78, 5) is 0. The maximum atomic E-state index is 5.33. The van der Waals surface area contributed by atoms with Crippen molar-refractivity contribution in [2.24, 2.45) is 0 Å². The summed E-state index contributed by atoms with van der Waals surface area (Å²) in [6.07, 6.45) is 19.9. The molecule has 0 saturated heterocycles. The van der Waals surface area contributed by atoms with Crippen molar-refractivity contribution in [2.75, 3.05) is 0 Å². The van der Waals surface area contributed by atoms with Crippen LogP contribution in [-0.4, -0.2) is 23.1 Å². The molecule has 2 heteroatoms. The van der Waals surface area contributed by atoms with Crippen LogP contribution in [0.3, 0.4) is 0 Å². The number of rotatable bonds is 13. The summed E-state index contributed by atoms with van der Waals surface area (Å²) in [5.41, 5.74) is 0. The largest absolute Gasteiger partial charge is 2.00 e. The third kappa shape index (κ3) is 22.2. The molecular weight excluding hydrogens is 296 g/mol. The summed E-state index contributed by atoms with van der Waals surface area (Å²) in [6, 6.07) is 0. The van der Waals surface area contributed by atoms with Crippen molar-refractivity contribution in [3.05, 3.63) is 12.7 Å². The van der Waals surface area contributed by atoms with E-state index in [1.807, 2.05) is 0 Å². The van der Waals surface area contributed by atoms with Crippen molar-refractivity contribution in [1.29, 1.82) is 0 Å². The van der Waals surface area contributed by atoms with Crippen molar-refractivity contribution >= 4 is 23.1 Å². The molecule has 0 spiro atoms. The normalized spacial score (nSPS) is 9.39. The van der Waals surface area contributed by atoms with Gasteiger partial charge in [0.15, 0.2) is 0 Å². The minimum atomic E-state index is 0. The molecule has 0 aliphatic rings. The van der Waals surface area contributed by atoms with Crippen molar-refractivity contribution in [3.8, 4) is 0 Å². The van der Waals surface area contributed by atoms with Crippen LogP contribution in [0, 0.1) is 6.58 Å². The van der Waals surface area contributed by atoms with E-state index in [-0.39, 0.29) is 40.0 Å². The Labute approximate surface area is 142 Å². The predicted molar refractivity (Wildman–Crippen MR) is 80.3 cm³/mol. The molecule has 0 aliphatic carbocycles. The van der Waals surface area contributed by atoms with E-state index in [1.165, 1.54) is 77.0 Å². The SMILES string of the molecule is [Br-].[CH-]=CCCCCCCCCCCCCCC.[Mg+2]. The fourth-order valence-electron chi connectivity index (χ4n) is 2.10. The van der Waals surface area contributed by atoms with E-state index in [9.17, 15) is 0 Å². The average Bonchev–Trinajstić information content (AvgIpc) is 2.31. The molecule has 0 aromatic rings. The molecule has 0 aromatic carbocycles. The van der Waals surface area contributed by atoms with Gasteiger partial charge in [-0.1, -0.05) is 90.4 Å². The van der Waals surface area contributed by atoms with Crippen LogP contribution in [0.5, 0.6) is 0 Å². The Kier molecular flexibility index (Phi) is 30.9.